The Morgan fingerprint density at radius 1 is 1.28 bits per heavy atom. The van der Waals surface area contributed by atoms with Crippen LogP contribution in [0.25, 0.3) is 11.2 Å². The summed E-state index contributed by atoms with van der Waals surface area (Å²) in [5, 5.41) is 24.7. The van der Waals surface area contributed by atoms with Gasteiger partial charge in [-0.2, -0.15) is 0 Å². The van der Waals surface area contributed by atoms with Gasteiger partial charge < -0.3 is 30.7 Å². The van der Waals surface area contributed by atoms with Gasteiger partial charge in [-0.3, -0.25) is 9.36 Å². The number of nitrogens with two attached hydrogens (primary N) is 1. The van der Waals surface area contributed by atoms with Crippen molar-refractivity contribution in [1.82, 2.24) is 19.5 Å². The minimum atomic E-state index is -1.17. The summed E-state index contributed by atoms with van der Waals surface area (Å²) in [5.74, 6) is 0.622. The molecule has 2 aromatic rings. The van der Waals surface area contributed by atoms with E-state index in [0.717, 1.165) is 32.1 Å². The average molecular weight is 465 g/mol. The number of carbonyl (C=O) groups is 1. The number of rotatable bonds is 7. The van der Waals surface area contributed by atoms with E-state index < -0.39 is 29.3 Å². The van der Waals surface area contributed by atoms with Crippen LogP contribution in [0.1, 0.15) is 38.3 Å². The van der Waals surface area contributed by atoms with Crippen LogP contribution in [0.3, 0.4) is 0 Å². The van der Waals surface area contributed by atoms with Crippen molar-refractivity contribution in [3.05, 3.63) is 12.7 Å². The van der Waals surface area contributed by atoms with Gasteiger partial charge in [0.1, 0.15) is 18.5 Å². The average Bonchev–Trinajstić information content (AvgIpc) is 3.57. The van der Waals surface area contributed by atoms with Crippen molar-refractivity contribution in [2.45, 2.75) is 67.4 Å². The maximum atomic E-state index is 12.0. The third-order valence-corrected chi connectivity index (χ3v) is 8.28. The molecule has 12 heteroatoms. The number of primary amides is 1. The van der Waals surface area contributed by atoms with E-state index in [1.165, 1.54) is 24.4 Å². The second-order valence-electron chi connectivity index (χ2n) is 8.67. The lowest BCUT2D eigenvalue weighted by atomic mass is 10.1. The number of aromatic nitrogens is 4. The van der Waals surface area contributed by atoms with Gasteiger partial charge in [-0.05, 0) is 19.3 Å². The van der Waals surface area contributed by atoms with Crippen LogP contribution in [0.5, 0.6) is 0 Å². The van der Waals surface area contributed by atoms with Gasteiger partial charge in [-0.25, -0.2) is 15.0 Å². The van der Waals surface area contributed by atoms with Crippen LogP contribution >= 0.6 is 11.8 Å². The number of ether oxygens (including phenoxy) is 2. The van der Waals surface area contributed by atoms with Gasteiger partial charge in [-0.1, -0.05) is 12.8 Å². The van der Waals surface area contributed by atoms with Gasteiger partial charge in [0.05, 0.1) is 29.8 Å². The molecule has 0 bridgehead atoms. The zero-order valence-corrected chi connectivity index (χ0v) is 18.4. The van der Waals surface area contributed by atoms with Crippen molar-refractivity contribution >= 4 is 34.7 Å². The van der Waals surface area contributed by atoms with E-state index >= 15 is 0 Å². The van der Waals surface area contributed by atoms with Crippen LogP contribution in [0.2, 0.25) is 0 Å². The molecule has 174 valence electrons. The summed E-state index contributed by atoms with van der Waals surface area (Å²) in [6, 6.07) is 0.156. The smallest absolute Gasteiger partial charge is 0.233 e. The molecule has 5 rings (SSSR count). The fourth-order valence-corrected chi connectivity index (χ4v) is 6.21. The van der Waals surface area contributed by atoms with E-state index in [1.807, 2.05) is 0 Å². The van der Waals surface area contributed by atoms with Crippen LogP contribution in [-0.4, -0.2) is 83.7 Å². The molecule has 32 heavy (non-hydrogen) atoms. The lowest BCUT2D eigenvalue weighted by Crippen LogP contribution is -2.40. The number of aliphatic hydroxyl groups is 2. The zero-order valence-electron chi connectivity index (χ0n) is 17.6. The van der Waals surface area contributed by atoms with Crippen molar-refractivity contribution in [1.29, 1.82) is 0 Å². The first-order chi connectivity index (χ1) is 15.5. The molecule has 5 N–H and O–H groups in total. The first-order valence-corrected chi connectivity index (χ1v) is 11.9. The first-order valence-electron chi connectivity index (χ1n) is 11.0. The molecule has 1 aliphatic carbocycles. The number of hydrogen-bond acceptors (Lipinski definition) is 10. The van der Waals surface area contributed by atoms with Crippen LogP contribution < -0.4 is 11.1 Å². The molecular formula is C20H28N6O5S. The maximum Gasteiger partial charge on any atom is 0.233 e. The summed E-state index contributed by atoms with van der Waals surface area (Å²) in [6.07, 6.45) is 3.45. The Kier molecular flexibility index (Phi) is 5.97. The number of fused-ring (bicyclic) bond motifs is 1. The van der Waals surface area contributed by atoms with Crippen LogP contribution in [0.15, 0.2) is 12.7 Å². The summed E-state index contributed by atoms with van der Waals surface area (Å²) < 4.78 is 12.4. The summed E-state index contributed by atoms with van der Waals surface area (Å²) in [6.45, 7) is 1.31. The predicted molar refractivity (Wildman–Crippen MR) is 117 cm³/mol. The highest BCUT2D eigenvalue weighted by atomic mass is 32.2. The Morgan fingerprint density at radius 2 is 2.09 bits per heavy atom. The molecule has 0 aromatic carbocycles. The molecule has 1 saturated carbocycles. The maximum absolute atomic E-state index is 12.0. The van der Waals surface area contributed by atoms with Crippen molar-refractivity contribution in [2.75, 3.05) is 24.3 Å². The summed E-state index contributed by atoms with van der Waals surface area (Å²) in [4.78, 5) is 25.1. The Bertz CT molecular complexity index is 977. The minimum absolute atomic E-state index is 0.156. The molecule has 3 aliphatic rings. The Balaban J connectivity index is 1.33. The molecule has 0 unspecified atom stereocenters. The number of amides is 1. The second-order valence-corrected chi connectivity index (χ2v) is 10.1. The highest BCUT2D eigenvalue weighted by Crippen LogP contribution is 2.43. The van der Waals surface area contributed by atoms with Crippen molar-refractivity contribution in [3.8, 4) is 0 Å². The van der Waals surface area contributed by atoms with Crippen LogP contribution in [0.4, 0.5) is 5.82 Å². The van der Waals surface area contributed by atoms with Gasteiger partial charge in [0.15, 0.2) is 23.2 Å². The third kappa shape index (κ3) is 3.83. The number of anilines is 1. The monoisotopic (exact) mass is 464 g/mol. The standard InChI is InChI=1S/C20H28N6O5S/c21-19(29)20(4-1-2-5-20)32-8-12-14(27)15(28)18(31-12)26-10-24-13-16(22-9-23-17(13)26)25-11-3-6-30-7-11/h9-12,14-15,18,27-28H,1-8H2,(H2,21,29)(H,22,23,25)/t11-,12-,14+,15-,18-/m1/s1. The quantitative estimate of drug-likeness (QED) is 0.445. The van der Waals surface area contributed by atoms with Crippen molar-refractivity contribution in [2.24, 2.45) is 5.73 Å². The molecule has 5 atom stereocenters. The number of thioether (sulfide) groups is 1. The Hall–Kier alpha value is -1.99. The molecular weight excluding hydrogens is 436 g/mol. The number of hydrogen-bond donors (Lipinski definition) is 4. The summed E-state index contributed by atoms with van der Waals surface area (Å²) >= 11 is 1.42. The molecule has 4 heterocycles. The largest absolute Gasteiger partial charge is 0.387 e. The number of aliphatic hydroxyl groups excluding tert-OH is 2. The van der Waals surface area contributed by atoms with Gasteiger partial charge >= 0.3 is 0 Å². The zero-order chi connectivity index (χ0) is 22.3. The third-order valence-electron chi connectivity index (χ3n) is 6.62. The van der Waals surface area contributed by atoms with E-state index in [2.05, 4.69) is 20.3 Å². The van der Waals surface area contributed by atoms with E-state index in [4.69, 9.17) is 15.2 Å². The number of imidazole rings is 1. The highest BCUT2D eigenvalue weighted by molar-refractivity contribution is 8.01. The summed E-state index contributed by atoms with van der Waals surface area (Å²) in [5.41, 5.74) is 6.72. The lowest BCUT2D eigenvalue weighted by Gasteiger charge is -2.26. The first kappa shape index (κ1) is 21.8. The molecule has 2 saturated heterocycles. The number of nitrogens with zero attached hydrogens (tertiary/aromatic N) is 4. The van der Waals surface area contributed by atoms with Crippen molar-refractivity contribution < 1.29 is 24.5 Å². The predicted octanol–water partition coefficient (Wildman–Crippen LogP) is 0.178. The Labute approximate surface area is 189 Å². The van der Waals surface area contributed by atoms with E-state index in [1.54, 1.807) is 4.57 Å². The van der Waals surface area contributed by atoms with Gasteiger partial charge in [-0.15, -0.1) is 11.8 Å². The molecule has 1 amide bonds. The van der Waals surface area contributed by atoms with Crippen LogP contribution in [0, 0.1) is 0 Å². The van der Waals surface area contributed by atoms with Gasteiger partial charge in [0.25, 0.3) is 0 Å². The molecule has 2 aromatic heterocycles. The molecule has 0 radical (unpaired) electrons. The van der Waals surface area contributed by atoms with E-state index in [0.29, 0.717) is 35.9 Å². The fraction of sp³-hybridized carbons (Fsp3) is 0.700. The second kappa shape index (κ2) is 8.75. The highest BCUT2D eigenvalue weighted by Gasteiger charge is 2.47. The Morgan fingerprint density at radius 3 is 2.81 bits per heavy atom. The van der Waals surface area contributed by atoms with Crippen molar-refractivity contribution in [3.63, 3.8) is 0 Å². The molecule has 11 nitrogen and oxygen atoms in total. The molecule has 2 aliphatic heterocycles. The normalized spacial score (nSPS) is 32.0. The van der Waals surface area contributed by atoms with E-state index in [-0.39, 0.29) is 11.9 Å². The minimum Gasteiger partial charge on any atom is -0.387 e. The lowest BCUT2D eigenvalue weighted by molar-refractivity contribution is -0.120. The molecule has 3 fully saturated rings. The fourth-order valence-electron chi connectivity index (χ4n) is 4.73. The van der Waals surface area contributed by atoms with Crippen LogP contribution in [-0.2, 0) is 14.3 Å². The van der Waals surface area contributed by atoms with Gasteiger partial charge in [0.2, 0.25) is 5.91 Å². The SMILES string of the molecule is NC(=O)C1(SC[C@H]2O[C@@H](n3cnc4c(N[C@@H]5CCOC5)ncnc43)[C@H](O)[C@H]2O)CCCC1. The van der Waals surface area contributed by atoms with Gasteiger partial charge in [0, 0.05) is 12.4 Å². The summed E-state index contributed by atoms with van der Waals surface area (Å²) in [7, 11) is 0. The number of nitrogens with one attached hydrogen (secondary N) is 1. The topological polar surface area (TPSA) is 158 Å². The number of carbonyl (C=O) groups excluding carboxylic acids is 1. The molecule has 0 spiro atoms. The van der Waals surface area contributed by atoms with E-state index in [9.17, 15) is 15.0 Å².